The Bertz CT molecular complexity index is 416. The standard InChI is InChI=1S/C11H13F3N2O/c1-7-3-4-8(9(5-7)15-2)10(17)16-6-11(12,13)14/h3-5,15H,6H2,1-2H3,(H,16,17). The van der Waals surface area contributed by atoms with Gasteiger partial charge in [-0.15, -0.1) is 0 Å². The Balaban J connectivity index is 2.82. The second kappa shape index (κ2) is 5.07. The summed E-state index contributed by atoms with van der Waals surface area (Å²) in [6.45, 7) is 0.501. The summed E-state index contributed by atoms with van der Waals surface area (Å²) >= 11 is 0. The maximum absolute atomic E-state index is 11.9. The van der Waals surface area contributed by atoms with Crippen molar-refractivity contribution < 1.29 is 18.0 Å². The molecule has 1 rings (SSSR count). The number of aryl methyl sites for hydroxylation is 1. The second-order valence-electron chi connectivity index (χ2n) is 3.60. The fourth-order valence-corrected chi connectivity index (χ4v) is 1.34. The first-order valence-electron chi connectivity index (χ1n) is 4.97. The molecule has 17 heavy (non-hydrogen) atoms. The summed E-state index contributed by atoms with van der Waals surface area (Å²) in [6.07, 6.45) is -4.40. The minimum Gasteiger partial charge on any atom is -0.387 e. The van der Waals surface area contributed by atoms with E-state index in [1.807, 2.05) is 12.2 Å². The summed E-state index contributed by atoms with van der Waals surface area (Å²) in [6, 6.07) is 4.86. The van der Waals surface area contributed by atoms with Crippen LogP contribution in [-0.4, -0.2) is 25.7 Å². The fraction of sp³-hybridized carbons (Fsp3) is 0.364. The largest absolute Gasteiger partial charge is 0.405 e. The highest BCUT2D eigenvalue weighted by Gasteiger charge is 2.28. The molecule has 1 amide bonds. The summed E-state index contributed by atoms with van der Waals surface area (Å²) in [5, 5.41) is 4.60. The second-order valence-corrected chi connectivity index (χ2v) is 3.60. The highest BCUT2D eigenvalue weighted by molar-refractivity contribution is 5.99. The van der Waals surface area contributed by atoms with Crippen LogP contribution in [0.5, 0.6) is 0 Å². The average Bonchev–Trinajstić information content (AvgIpc) is 2.24. The van der Waals surface area contributed by atoms with E-state index in [1.165, 1.54) is 6.07 Å². The first-order valence-corrected chi connectivity index (χ1v) is 4.97. The number of amides is 1. The lowest BCUT2D eigenvalue weighted by atomic mass is 10.1. The Morgan fingerprint density at radius 1 is 1.35 bits per heavy atom. The highest BCUT2D eigenvalue weighted by Crippen LogP contribution is 2.18. The third-order valence-electron chi connectivity index (χ3n) is 2.14. The van der Waals surface area contributed by atoms with Crippen LogP contribution in [0.3, 0.4) is 0 Å². The van der Waals surface area contributed by atoms with Gasteiger partial charge in [-0.3, -0.25) is 4.79 Å². The lowest BCUT2D eigenvalue weighted by Gasteiger charge is -2.12. The Morgan fingerprint density at radius 3 is 2.53 bits per heavy atom. The van der Waals surface area contributed by atoms with E-state index < -0.39 is 18.6 Å². The summed E-state index contributed by atoms with van der Waals surface area (Å²) in [4.78, 5) is 11.5. The minimum absolute atomic E-state index is 0.197. The molecule has 94 valence electrons. The van der Waals surface area contributed by atoms with Gasteiger partial charge >= 0.3 is 6.18 Å². The SMILES string of the molecule is CNc1cc(C)ccc1C(=O)NCC(F)(F)F. The first-order chi connectivity index (χ1) is 7.83. The Kier molecular flexibility index (Phi) is 3.98. The van der Waals surface area contributed by atoms with Crippen LogP contribution in [0, 0.1) is 6.92 Å². The van der Waals surface area contributed by atoms with Gasteiger partial charge in [0.1, 0.15) is 6.54 Å². The molecule has 1 aromatic rings. The number of alkyl halides is 3. The van der Waals surface area contributed by atoms with Crippen molar-refractivity contribution in [1.29, 1.82) is 0 Å². The molecule has 6 heteroatoms. The Hall–Kier alpha value is -1.72. The van der Waals surface area contributed by atoms with Crippen LogP contribution in [0.2, 0.25) is 0 Å². The van der Waals surface area contributed by atoms with Gasteiger partial charge in [-0.05, 0) is 24.6 Å². The zero-order valence-electron chi connectivity index (χ0n) is 9.48. The molecule has 0 radical (unpaired) electrons. The third-order valence-corrected chi connectivity index (χ3v) is 2.14. The van der Waals surface area contributed by atoms with Gasteiger partial charge in [-0.1, -0.05) is 6.07 Å². The fourth-order valence-electron chi connectivity index (χ4n) is 1.34. The van der Waals surface area contributed by atoms with Crippen molar-refractivity contribution in [2.24, 2.45) is 0 Å². The van der Waals surface area contributed by atoms with E-state index in [1.54, 1.807) is 19.2 Å². The number of nitrogens with one attached hydrogen (secondary N) is 2. The van der Waals surface area contributed by atoms with Crippen LogP contribution in [0.1, 0.15) is 15.9 Å². The lowest BCUT2D eigenvalue weighted by molar-refractivity contribution is -0.123. The summed E-state index contributed by atoms with van der Waals surface area (Å²) in [5.74, 6) is -0.744. The topological polar surface area (TPSA) is 41.1 Å². The van der Waals surface area contributed by atoms with Crippen molar-refractivity contribution in [2.75, 3.05) is 18.9 Å². The van der Waals surface area contributed by atoms with Crippen molar-refractivity contribution in [3.63, 3.8) is 0 Å². The van der Waals surface area contributed by atoms with Gasteiger partial charge < -0.3 is 10.6 Å². The van der Waals surface area contributed by atoms with Crippen molar-refractivity contribution in [3.05, 3.63) is 29.3 Å². The Labute approximate surface area is 97.0 Å². The van der Waals surface area contributed by atoms with E-state index in [2.05, 4.69) is 5.32 Å². The molecule has 0 aliphatic rings. The summed E-state index contributed by atoms with van der Waals surface area (Å²) in [7, 11) is 1.61. The number of rotatable bonds is 3. The van der Waals surface area contributed by atoms with Crippen LogP contribution in [-0.2, 0) is 0 Å². The molecule has 0 fully saturated rings. The number of carbonyl (C=O) groups excluding carboxylic acids is 1. The van der Waals surface area contributed by atoms with Gasteiger partial charge in [0.05, 0.1) is 5.56 Å². The molecule has 1 aromatic carbocycles. The first kappa shape index (κ1) is 13.3. The van der Waals surface area contributed by atoms with Gasteiger partial charge in [-0.2, -0.15) is 13.2 Å². The number of anilines is 1. The van der Waals surface area contributed by atoms with Crippen LogP contribution < -0.4 is 10.6 Å². The van der Waals surface area contributed by atoms with Crippen molar-refractivity contribution >= 4 is 11.6 Å². The van der Waals surface area contributed by atoms with Gasteiger partial charge in [0.15, 0.2) is 0 Å². The van der Waals surface area contributed by atoms with Crippen molar-refractivity contribution in [1.82, 2.24) is 5.32 Å². The molecule has 0 aliphatic heterocycles. The molecule has 0 aromatic heterocycles. The van der Waals surface area contributed by atoms with Gasteiger partial charge in [0, 0.05) is 12.7 Å². The minimum atomic E-state index is -4.40. The number of benzene rings is 1. The van der Waals surface area contributed by atoms with E-state index in [4.69, 9.17) is 0 Å². The molecule has 0 bridgehead atoms. The van der Waals surface area contributed by atoms with Crippen LogP contribution in [0.25, 0.3) is 0 Å². The molecule has 3 nitrogen and oxygen atoms in total. The average molecular weight is 246 g/mol. The zero-order chi connectivity index (χ0) is 13.1. The smallest absolute Gasteiger partial charge is 0.387 e. The molecule has 2 N–H and O–H groups in total. The van der Waals surface area contributed by atoms with Crippen LogP contribution in [0.15, 0.2) is 18.2 Å². The van der Waals surface area contributed by atoms with Crippen molar-refractivity contribution in [3.8, 4) is 0 Å². The van der Waals surface area contributed by atoms with Gasteiger partial charge in [0.2, 0.25) is 0 Å². The van der Waals surface area contributed by atoms with E-state index in [9.17, 15) is 18.0 Å². The maximum atomic E-state index is 11.9. The molecule has 0 saturated heterocycles. The molecule has 0 spiro atoms. The normalized spacial score (nSPS) is 11.1. The van der Waals surface area contributed by atoms with Crippen molar-refractivity contribution in [2.45, 2.75) is 13.1 Å². The van der Waals surface area contributed by atoms with Crippen LogP contribution in [0.4, 0.5) is 18.9 Å². The highest BCUT2D eigenvalue weighted by atomic mass is 19.4. The molecule has 0 heterocycles. The predicted molar refractivity (Wildman–Crippen MR) is 59.1 cm³/mol. The number of carbonyl (C=O) groups is 1. The van der Waals surface area contributed by atoms with E-state index in [-0.39, 0.29) is 5.56 Å². The van der Waals surface area contributed by atoms with Gasteiger partial charge in [0.25, 0.3) is 5.91 Å². The summed E-state index contributed by atoms with van der Waals surface area (Å²) < 4.78 is 35.8. The number of hydrogen-bond donors (Lipinski definition) is 2. The molecule has 0 saturated carbocycles. The van der Waals surface area contributed by atoms with E-state index >= 15 is 0 Å². The quantitative estimate of drug-likeness (QED) is 0.859. The predicted octanol–water partition coefficient (Wildman–Crippen LogP) is 2.33. The van der Waals surface area contributed by atoms with Gasteiger partial charge in [-0.25, -0.2) is 0 Å². The molecular weight excluding hydrogens is 233 g/mol. The third kappa shape index (κ3) is 3.97. The molecular formula is C11H13F3N2O. The lowest BCUT2D eigenvalue weighted by Crippen LogP contribution is -2.34. The molecule has 0 aliphatic carbocycles. The zero-order valence-corrected chi connectivity index (χ0v) is 9.48. The number of halogens is 3. The molecule has 0 unspecified atom stereocenters. The Morgan fingerprint density at radius 2 is 2.00 bits per heavy atom. The van der Waals surface area contributed by atoms with E-state index in [0.29, 0.717) is 5.69 Å². The van der Waals surface area contributed by atoms with E-state index in [0.717, 1.165) is 5.56 Å². The monoisotopic (exact) mass is 246 g/mol. The number of hydrogen-bond acceptors (Lipinski definition) is 2. The molecule has 0 atom stereocenters. The van der Waals surface area contributed by atoms with Crippen LogP contribution >= 0.6 is 0 Å². The summed E-state index contributed by atoms with van der Waals surface area (Å²) in [5.41, 5.74) is 1.62. The maximum Gasteiger partial charge on any atom is 0.405 e.